The summed E-state index contributed by atoms with van der Waals surface area (Å²) in [4.78, 5) is 6.54. The molecule has 0 atom stereocenters. The first-order chi connectivity index (χ1) is 7.85. The number of alkyl halides is 1. The summed E-state index contributed by atoms with van der Waals surface area (Å²) in [6.07, 6.45) is 1.00. The molecule has 0 unspecified atom stereocenters. The van der Waals surface area contributed by atoms with Crippen LogP contribution in [-0.4, -0.2) is 24.7 Å². The van der Waals surface area contributed by atoms with E-state index in [1.807, 2.05) is 22.4 Å². The second kappa shape index (κ2) is 5.25. The van der Waals surface area contributed by atoms with Gasteiger partial charge in [-0.25, -0.2) is 9.37 Å². The minimum Gasteiger partial charge on any atom is -0.354 e. The normalized spacial score (nSPS) is 10.9. The Morgan fingerprint density at radius 3 is 2.94 bits per heavy atom. The second-order valence-corrected chi connectivity index (χ2v) is 4.60. The molecule has 0 spiro atoms. The molecule has 0 saturated heterocycles. The van der Waals surface area contributed by atoms with Gasteiger partial charge in [-0.3, -0.25) is 0 Å². The quantitative estimate of drug-likeness (QED) is 0.792. The Labute approximate surface area is 98.7 Å². The number of anilines is 1. The number of aromatic nitrogens is 1. The molecule has 0 amide bonds. The highest BCUT2D eigenvalue weighted by Crippen LogP contribution is 2.22. The molecule has 2 heterocycles. The van der Waals surface area contributed by atoms with Gasteiger partial charge in [0.15, 0.2) is 0 Å². The minimum absolute atomic E-state index is 0.330. The molecule has 2 nitrogen and oxygen atoms in total. The van der Waals surface area contributed by atoms with E-state index in [0.29, 0.717) is 6.54 Å². The maximum atomic E-state index is 12.4. The Morgan fingerprint density at radius 1 is 1.31 bits per heavy atom. The maximum absolute atomic E-state index is 12.4. The van der Waals surface area contributed by atoms with Gasteiger partial charge >= 0.3 is 0 Å². The lowest BCUT2D eigenvalue weighted by molar-refractivity contribution is 0.488. The molecular weight excluding hydrogens is 223 g/mol. The minimum atomic E-state index is -0.330. The first kappa shape index (κ1) is 11.3. The summed E-state index contributed by atoms with van der Waals surface area (Å²) in [5.41, 5.74) is 1.00. The summed E-state index contributed by atoms with van der Waals surface area (Å²) in [5, 5.41) is 2.03. The summed E-state index contributed by atoms with van der Waals surface area (Å²) in [7, 11) is 0. The fourth-order valence-corrected chi connectivity index (χ4v) is 2.46. The van der Waals surface area contributed by atoms with Crippen molar-refractivity contribution in [3.05, 3.63) is 23.6 Å². The van der Waals surface area contributed by atoms with Crippen molar-refractivity contribution >= 4 is 27.4 Å². The number of rotatable bonds is 5. The molecule has 2 rings (SSSR count). The van der Waals surface area contributed by atoms with Crippen molar-refractivity contribution in [2.75, 3.05) is 24.7 Å². The van der Waals surface area contributed by atoms with E-state index in [-0.39, 0.29) is 6.67 Å². The van der Waals surface area contributed by atoms with Crippen LogP contribution in [0.3, 0.4) is 0 Å². The molecule has 2 aromatic rings. The lowest BCUT2D eigenvalue weighted by Crippen LogP contribution is -2.27. The summed E-state index contributed by atoms with van der Waals surface area (Å²) in [6, 6.07) is 6.04. The van der Waals surface area contributed by atoms with Gasteiger partial charge in [0.1, 0.15) is 12.5 Å². The van der Waals surface area contributed by atoms with Crippen LogP contribution in [0, 0.1) is 0 Å². The SMILES string of the molecule is CCCN(CCF)c1ccc2sccc2n1. The van der Waals surface area contributed by atoms with Gasteiger partial charge in [0.2, 0.25) is 0 Å². The van der Waals surface area contributed by atoms with Crippen molar-refractivity contribution in [3.63, 3.8) is 0 Å². The molecule has 0 aliphatic heterocycles. The Bertz CT molecular complexity index is 449. The van der Waals surface area contributed by atoms with Crippen LogP contribution in [0.5, 0.6) is 0 Å². The van der Waals surface area contributed by atoms with E-state index in [1.165, 1.54) is 4.70 Å². The summed E-state index contributed by atoms with van der Waals surface area (Å²) in [5.74, 6) is 0.880. The van der Waals surface area contributed by atoms with Crippen LogP contribution in [-0.2, 0) is 0 Å². The fourth-order valence-electron chi connectivity index (χ4n) is 1.73. The third-order valence-corrected chi connectivity index (χ3v) is 3.34. The maximum Gasteiger partial charge on any atom is 0.129 e. The van der Waals surface area contributed by atoms with Gasteiger partial charge in [0.05, 0.1) is 10.2 Å². The topological polar surface area (TPSA) is 16.1 Å². The third kappa shape index (κ3) is 2.32. The molecule has 0 aliphatic carbocycles. The van der Waals surface area contributed by atoms with Crippen molar-refractivity contribution in [2.45, 2.75) is 13.3 Å². The average Bonchev–Trinajstić information content (AvgIpc) is 2.75. The van der Waals surface area contributed by atoms with Gasteiger partial charge in [-0.2, -0.15) is 0 Å². The Hall–Kier alpha value is -1.16. The number of halogens is 1. The molecular formula is C12H15FN2S. The van der Waals surface area contributed by atoms with E-state index >= 15 is 0 Å². The van der Waals surface area contributed by atoms with Crippen LogP contribution < -0.4 is 4.90 Å². The largest absolute Gasteiger partial charge is 0.354 e. The number of hydrogen-bond donors (Lipinski definition) is 0. The predicted octanol–water partition coefficient (Wildman–Crippen LogP) is 3.48. The second-order valence-electron chi connectivity index (χ2n) is 3.65. The molecule has 2 aromatic heterocycles. The molecule has 0 aliphatic rings. The van der Waals surface area contributed by atoms with Gasteiger partial charge in [-0.15, -0.1) is 11.3 Å². The van der Waals surface area contributed by atoms with E-state index in [4.69, 9.17) is 0 Å². The van der Waals surface area contributed by atoms with Gasteiger partial charge in [0, 0.05) is 13.1 Å². The fraction of sp³-hybridized carbons (Fsp3) is 0.417. The number of nitrogens with zero attached hydrogens (tertiary/aromatic N) is 2. The van der Waals surface area contributed by atoms with E-state index in [0.717, 1.165) is 24.3 Å². The molecule has 0 radical (unpaired) electrons. The van der Waals surface area contributed by atoms with Gasteiger partial charge in [-0.1, -0.05) is 6.92 Å². The molecule has 0 aromatic carbocycles. The van der Waals surface area contributed by atoms with E-state index in [1.54, 1.807) is 11.3 Å². The Morgan fingerprint density at radius 2 is 2.19 bits per heavy atom. The molecule has 0 fully saturated rings. The summed E-state index contributed by atoms with van der Waals surface area (Å²) >= 11 is 1.68. The van der Waals surface area contributed by atoms with Crippen LogP contribution in [0.1, 0.15) is 13.3 Å². The lowest BCUT2D eigenvalue weighted by Gasteiger charge is -2.21. The lowest BCUT2D eigenvalue weighted by atomic mass is 10.3. The zero-order valence-corrected chi connectivity index (χ0v) is 10.1. The van der Waals surface area contributed by atoms with Gasteiger partial charge in [-0.05, 0) is 30.0 Å². The molecule has 0 bridgehead atoms. The monoisotopic (exact) mass is 238 g/mol. The Kier molecular flexibility index (Phi) is 3.72. The summed E-state index contributed by atoms with van der Waals surface area (Å²) in [6.45, 7) is 3.04. The van der Waals surface area contributed by atoms with Crippen LogP contribution in [0.15, 0.2) is 23.6 Å². The predicted molar refractivity (Wildman–Crippen MR) is 68.1 cm³/mol. The van der Waals surface area contributed by atoms with Gasteiger partial charge < -0.3 is 4.90 Å². The smallest absolute Gasteiger partial charge is 0.129 e. The van der Waals surface area contributed by atoms with Crippen LogP contribution in [0.25, 0.3) is 10.2 Å². The van der Waals surface area contributed by atoms with Crippen LogP contribution in [0.2, 0.25) is 0 Å². The molecule has 0 N–H and O–H groups in total. The van der Waals surface area contributed by atoms with Crippen molar-refractivity contribution in [3.8, 4) is 0 Å². The number of thiophene rings is 1. The van der Waals surface area contributed by atoms with Crippen molar-refractivity contribution in [1.29, 1.82) is 0 Å². The van der Waals surface area contributed by atoms with Crippen molar-refractivity contribution < 1.29 is 4.39 Å². The van der Waals surface area contributed by atoms with Crippen LogP contribution in [0.4, 0.5) is 10.2 Å². The standard InChI is InChI=1S/C12H15FN2S/c1-2-7-15(8-6-13)12-4-3-11-10(14-12)5-9-16-11/h3-5,9H,2,6-8H2,1H3. The summed E-state index contributed by atoms with van der Waals surface area (Å²) < 4.78 is 13.6. The Balaban J connectivity index is 2.28. The number of hydrogen-bond acceptors (Lipinski definition) is 3. The molecule has 0 saturated carbocycles. The highest BCUT2D eigenvalue weighted by Gasteiger charge is 2.07. The van der Waals surface area contributed by atoms with Crippen molar-refractivity contribution in [2.24, 2.45) is 0 Å². The van der Waals surface area contributed by atoms with E-state index < -0.39 is 0 Å². The molecule has 4 heteroatoms. The van der Waals surface area contributed by atoms with Gasteiger partial charge in [0.25, 0.3) is 0 Å². The first-order valence-corrected chi connectivity index (χ1v) is 6.38. The zero-order chi connectivity index (χ0) is 11.4. The zero-order valence-electron chi connectivity index (χ0n) is 9.32. The average molecular weight is 238 g/mol. The van der Waals surface area contributed by atoms with Crippen molar-refractivity contribution in [1.82, 2.24) is 4.98 Å². The highest BCUT2D eigenvalue weighted by atomic mass is 32.1. The number of pyridine rings is 1. The third-order valence-electron chi connectivity index (χ3n) is 2.46. The number of fused-ring (bicyclic) bond motifs is 1. The molecule has 86 valence electrons. The first-order valence-electron chi connectivity index (χ1n) is 5.50. The highest BCUT2D eigenvalue weighted by molar-refractivity contribution is 7.17. The van der Waals surface area contributed by atoms with E-state index in [9.17, 15) is 4.39 Å². The molecule has 16 heavy (non-hydrogen) atoms. The van der Waals surface area contributed by atoms with E-state index in [2.05, 4.69) is 18.0 Å². The van der Waals surface area contributed by atoms with Crippen LogP contribution >= 0.6 is 11.3 Å².